The minimum Gasteiger partial charge on any atom is -0.345 e. The average Bonchev–Trinajstić information content (AvgIpc) is 3.48. The predicted molar refractivity (Wildman–Crippen MR) is 130 cm³/mol. The lowest BCUT2D eigenvalue weighted by Crippen LogP contribution is -2.37. The molecule has 0 amide bonds. The van der Waals surface area contributed by atoms with Crippen molar-refractivity contribution in [3.63, 3.8) is 0 Å². The normalized spacial score (nSPS) is 20.7. The van der Waals surface area contributed by atoms with Crippen molar-refractivity contribution in [2.75, 3.05) is 12.4 Å². The van der Waals surface area contributed by atoms with Crippen molar-refractivity contribution in [2.45, 2.75) is 36.2 Å². The molecule has 1 saturated heterocycles. The second kappa shape index (κ2) is 9.67. The number of benzene rings is 3. The molecule has 4 aromatic rings. The van der Waals surface area contributed by atoms with Crippen LogP contribution in [0.2, 0.25) is 5.02 Å². The number of nitrogens with zero attached hydrogens (tertiary/aromatic N) is 2. The molecule has 0 radical (unpaired) electrons. The highest BCUT2D eigenvalue weighted by Crippen LogP contribution is 2.34. The van der Waals surface area contributed by atoms with Crippen LogP contribution in [-0.4, -0.2) is 33.8 Å². The zero-order chi connectivity index (χ0) is 21.8. The molecule has 1 aliphatic rings. The highest BCUT2D eigenvalue weighted by molar-refractivity contribution is 7.99. The molecule has 0 aliphatic carbocycles. The van der Waals surface area contributed by atoms with E-state index in [9.17, 15) is 0 Å². The summed E-state index contributed by atoms with van der Waals surface area (Å²) in [6, 6.07) is 23.0. The molecular formula is C26H25ClN2O2S. The number of rotatable bonds is 8. The van der Waals surface area contributed by atoms with E-state index in [0.717, 1.165) is 23.6 Å². The van der Waals surface area contributed by atoms with Crippen LogP contribution in [-0.2, 0) is 22.4 Å². The third-order valence-electron chi connectivity index (χ3n) is 5.76. The van der Waals surface area contributed by atoms with E-state index >= 15 is 0 Å². The van der Waals surface area contributed by atoms with Crippen molar-refractivity contribution in [1.82, 2.24) is 9.55 Å². The van der Waals surface area contributed by atoms with Crippen LogP contribution >= 0.6 is 23.4 Å². The Kier molecular flexibility index (Phi) is 6.51. The highest BCUT2D eigenvalue weighted by atomic mass is 35.5. The first-order chi connectivity index (χ1) is 15.7. The summed E-state index contributed by atoms with van der Waals surface area (Å²) in [6.45, 7) is 1.22. The fourth-order valence-electron chi connectivity index (χ4n) is 4.08. The van der Waals surface area contributed by atoms with E-state index in [1.807, 2.05) is 41.0 Å². The monoisotopic (exact) mass is 464 g/mol. The van der Waals surface area contributed by atoms with E-state index in [1.165, 1.54) is 21.2 Å². The van der Waals surface area contributed by atoms with E-state index in [1.54, 1.807) is 6.20 Å². The SMILES string of the molecule is Clc1ccc(CC[C@]2(Cn3ccnc3)OC[C@@H](CSc3ccc4ccccc4c3)O2)cc1. The van der Waals surface area contributed by atoms with Crippen LogP contribution in [0.3, 0.4) is 0 Å². The van der Waals surface area contributed by atoms with Gasteiger partial charge >= 0.3 is 0 Å². The molecule has 5 rings (SSSR count). The topological polar surface area (TPSA) is 36.3 Å². The Morgan fingerprint density at radius 3 is 2.72 bits per heavy atom. The second-order valence-electron chi connectivity index (χ2n) is 8.14. The van der Waals surface area contributed by atoms with E-state index in [4.69, 9.17) is 21.1 Å². The fraction of sp³-hybridized carbons (Fsp3) is 0.269. The van der Waals surface area contributed by atoms with Gasteiger partial charge < -0.3 is 14.0 Å². The van der Waals surface area contributed by atoms with Gasteiger partial charge in [-0.2, -0.15) is 0 Å². The summed E-state index contributed by atoms with van der Waals surface area (Å²) in [6.07, 6.45) is 7.22. The van der Waals surface area contributed by atoms with Gasteiger partial charge in [-0.3, -0.25) is 0 Å². The summed E-state index contributed by atoms with van der Waals surface area (Å²) < 4.78 is 14.9. The molecule has 1 fully saturated rings. The lowest BCUT2D eigenvalue weighted by atomic mass is 10.0. The largest absolute Gasteiger partial charge is 0.345 e. The van der Waals surface area contributed by atoms with E-state index < -0.39 is 5.79 Å². The molecule has 1 aliphatic heterocycles. The molecule has 0 bridgehead atoms. The summed E-state index contributed by atoms with van der Waals surface area (Å²) in [5.74, 6) is 0.194. The van der Waals surface area contributed by atoms with Crippen LogP contribution in [0.25, 0.3) is 10.8 Å². The zero-order valence-electron chi connectivity index (χ0n) is 17.7. The molecule has 2 heterocycles. The summed E-state index contributed by atoms with van der Waals surface area (Å²) in [4.78, 5) is 5.43. The molecule has 0 saturated carbocycles. The maximum absolute atomic E-state index is 6.56. The van der Waals surface area contributed by atoms with Gasteiger partial charge in [-0.25, -0.2) is 4.98 Å². The number of imidazole rings is 1. The number of hydrogen-bond acceptors (Lipinski definition) is 4. The summed E-state index contributed by atoms with van der Waals surface area (Å²) in [5, 5.41) is 3.28. The lowest BCUT2D eigenvalue weighted by molar-refractivity contribution is -0.180. The molecule has 6 heteroatoms. The van der Waals surface area contributed by atoms with Gasteiger partial charge in [-0.15, -0.1) is 11.8 Å². The van der Waals surface area contributed by atoms with E-state index in [0.29, 0.717) is 13.2 Å². The molecule has 0 unspecified atom stereocenters. The first-order valence-corrected chi connectivity index (χ1v) is 12.2. The summed E-state index contributed by atoms with van der Waals surface area (Å²) in [7, 11) is 0. The van der Waals surface area contributed by atoms with Crippen molar-refractivity contribution in [3.05, 3.63) is 96.0 Å². The first kappa shape index (κ1) is 21.5. The Morgan fingerprint density at radius 1 is 1.06 bits per heavy atom. The van der Waals surface area contributed by atoms with Crippen LogP contribution in [0.4, 0.5) is 0 Å². The maximum atomic E-state index is 6.56. The van der Waals surface area contributed by atoms with Gasteiger partial charge in [0.05, 0.1) is 25.6 Å². The maximum Gasteiger partial charge on any atom is 0.187 e. The van der Waals surface area contributed by atoms with Gasteiger partial charge in [-0.1, -0.05) is 54.1 Å². The van der Waals surface area contributed by atoms with Crippen molar-refractivity contribution in [2.24, 2.45) is 0 Å². The number of halogens is 1. The summed E-state index contributed by atoms with van der Waals surface area (Å²) >= 11 is 7.85. The Bertz CT molecular complexity index is 1170. The smallest absolute Gasteiger partial charge is 0.187 e. The van der Waals surface area contributed by atoms with Crippen LogP contribution in [0.5, 0.6) is 0 Å². The molecule has 3 aromatic carbocycles. The van der Waals surface area contributed by atoms with Crippen LogP contribution in [0.1, 0.15) is 12.0 Å². The molecular weight excluding hydrogens is 440 g/mol. The Balaban J connectivity index is 1.25. The molecule has 164 valence electrons. The van der Waals surface area contributed by atoms with Crippen LogP contribution in [0, 0.1) is 0 Å². The van der Waals surface area contributed by atoms with E-state index in [2.05, 4.69) is 59.6 Å². The Labute approximate surface area is 197 Å². The number of hydrogen-bond donors (Lipinski definition) is 0. The number of ether oxygens (including phenoxy) is 2. The minimum absolute atomic E-state index is 0.0419. The number of fused-ring (bicyclic) bond motifs is 1. The molecule has 1 aromatic heterocycles. The number of aromatic nitrogens is 2. The van der Waals surface area contributed by atoms with Gasteiger partial charge in [0.25, 0.3) is 0 Å². The number of thioether (sulfide) groups is 1. The second-order valence-corrected chi connectivity index (χ2v) is 9.67. The van der Waals surface area contributed by atoms with Crippen LogP contribution in [0.15, 0.2) is 90.3 Å². The molecule has 0 N–H and O–H groups in total. The molecule has 2 atom stereocenters. The molecule has 4 nitrogen and oxygen atoms in total. The molecule has 32 heavy (non-hydrogen) atoms. The fourth-order valence-corrected chi connectivity index (χ4v) is 5.13. The molecule has 0 spiro atoms. The Morgan fingerprint density at radius 2 is 1.91 bits per heavy atom. The predicted octanol–water partition coefficient (Wildman–Crippen LogP) is 6.23. The van der Waals surface area contributed by atoms with Gasteiger partial charge in [0, 0.05) is 34.5 Å². The standard InChI is InChI=1S/C26H25ClN2O2S/c27-23-8-5-20(6-9-23)11-12-26(18-29-14-13-28-19-29)30-16-24(31-26)17-32-25-10-7-21-3-1-2-4-22(21)15-25/h1-10,13-15,19,24H,11-12,16-18H2/t24-,26-/m0/s1. The first-order valence-electron chi connectivity index (χ1n) is 10.8. The minimum atomic E-state index is -0.658. The van der Waals surface area contributed by atoms with Crippen molar-refractivity contribution < 1.29 is 9.47 Å². The third kappa shape index (κ3) is 5.18. The van der Waals surface area contributed by atoms with Crippen molar-refractivity contribution in [1.29, 1.82) is 0 Å². The highest BCUT2D eigenvalue weighted by Gasteiger charge is 2.41. The van der Waals surface area contributed by atoms with E-state index in [-0.39, 0.29) is 6.10 Å². The summed E-state index contributed by atoms with van der Waals surface area (Å²) in [5.41, 5.74) is 1.22. The number of aryl methyl sites for hydroxylation is 1. The van der Waals surface area contributed by atoms with Crippen molar-refractivity contribution >= 4 is 34.1 Å². The van der Waals surface area contributed by atoms with Gasteiger partial charge in [0.15, 0.2) is 5.79 Å². The third-order valence-corrected chi connectivity index (χ3v) is 7.14. The zero-order valence-corrected chi connectivity index (χ0v) is 19.3. The average molecular weight is 465 g/mol. The Hall–Kier alpha value is -2.31. The lowest BCUT2D eigenvalue weighted by Gasteiger charge is -2.28. The quantitative estimate of drug-likeness (QED) is 0.290. The van der Waals surface area contributed by atoms with Gasteiger partial charge in [0.2, 0.25) is 0 Å². The van der Waals surface area contributed by atoms with Gasteiger partial charge in [-0.05, 0) is 47.0 Å². The van der Waals surface area contributed by atoms with Gasteiger partial charge in [0.1, 0.15) is 0 Å². The van der Waals surface area contributed by atoms with Crippen LogP contribution < -0.4 is 0 Å². The van der Waals surface area contributed by atoms with Crippen molar-refractivity contribution in [3.8, 4) is 0 Å².